The van der Waals surface area contributed by atoms with Crippen molar-refractivity contribution in [3.05, 3.63) is 58.7 Å². The Hall–Kier alpha value is -0.950. The summed E-state index contributed by atoms with van der Waals surface area (Å²) in [6, 6.07) is 9.16. The van der Waals surface area contributed by atoms with Crippen molar-refractivity contribution < 1.29 is 0 Å². The molecule has 118 valence electrons. The molecule has 2 unspecified atom stereocenters. The molecule has 2 aliphatic rings. The first-order valence-electron chi connectivity index (χ1n) is 8.62. The predicted molar refractivity (Wildman–Crippen MR) is 99.5 cm³/mol. The van der Waals surface area contributed by atoms with Gasteiger partial charge in [0.1, 0.15) is 0 Å². The average molecular weight is 313 g/mol. The van der Waals surface area contributed by atoms with Crippen LogP contribution in [0.15, 0.2) is 47.6 Å². The zero-order valence-electron chi connectivity index (χ0n) is 14.2. The van der Waals surface area contributed by atoms with Crippen LogP contribution < -0.4 is 0 Å². The maximum Gasteiger partial charge on any atom is -0.000121 e. The van der Waals surface area contributed by atoms with Crippen LogP contribution in [0.1, 0.15) is 44.2 Å². The fourth-order valence-corrected chi connectivity index (χ4v) is 4.84. The summed E-state index contributed by atoms with van der Waals surface area (Å²) in [6.45, 7) is 4.68. The van der Waals surface area contributed by atoms with Crippen molar-refractivity contribution in [2.45, 2.75) is 46.0 Å². The largest absolute Gasteiger partial charge is 0.165 e. The standard InChI is InChI=1S/C21H28S/c1-4-16-6-5-7-17(12-16)13-21(2)11-10-20-18(14-21)8-9-19(20)15-22-3/h5-7,10,12,14,19H,4,8-9,11,13,15H2,1-3H3. The average Bonchev–Trinajstić information content (AvgIpc) is 2.89. The van der Waals surface area contributed by atoms with E-state index in [1.165, 1.54) is 42.6 Å². The van der Waals surface area contributed by atoms with E-state index < -0.39 is 0 Å². The Labute approximate surface area is 140 Å². The van der Waals surface area contributed by atoms with Gasteiger partial charge in [-0.05, 0) is 77.7 Å². The van der Waals surface area contributed by atoms with Crippen LogP contribution in [0.5, 0.6) is 0 Å². The first-order chi connectivity index (χ1) is 10.6. The van der Waals surface area contributed by atoms with Crippen molar-refractivity contribution >= 4 is 11.8 Å². The van der Waals surface area contributed by atoms with Crippen molar-refractivity contribution in [1.82, 2.24) is 0 Å². The first kappa shape index (κ1) is 15.9. The molecular weight excluding hydrogens is 284 g/mol. The maximum atomic E-state index is 2.61. The lowest BCUT2D eigenvalue weighted by Crippen LogP contribution is -2.20. The van der Waals surface area contributed by atoms with Crippen molar-refractivity contribution in [2.24, 2.45) is 11.3 Å². The van der Waals surface area contributed by atoms with Crippen LogP contribution in [0.2, 0.25) is 0 Å². The fraction of sp³-hybridized carbons (Fsp3) is 0.524. The molecule has 0 nitrogen and oxygen atoms in total. The number of allylic oxidation sites excluding steroid dienone is 4. The lowest BCUT2D eigenvalue weighted by Gasteiger charge is -2.31. The van der Waals surface area contributed by atoms with Crippen molar-refractivity contribution in [2.75, 3.05) is 12.0 Å². The van der Waals surface area contributed by atoms with E-state index in [1.807, 2.05) is 11.8 Å². The van der Waals surface area contributed by atoms with E-state index in [0.29, 0.717) is 5.41 Å². The quantitative estimate of drug-likeness (QED) is 0.659. The van der Waals surface area contributed by atoms with Crippen molar-refractivity contribution in [1.29, 1.82) is 0 Å². The number of thioether (sulfide) groups is 1. The Morgan fingerprint density at radius 3 is 2.86 bits per heavy atom. The maximum absolute atomic E-state index is 2.61. The summed E-state index contributed by atoms with van der Waals surface area (Å²) in [5.41, 5.74) is 6.59. The minimum atomic E-state index is 0.305. The molecule has 1 saturated carbocycles. The molecule has 0 bridgehead atoms. The zero-order valence-corrected chi connectivity index (χ0v) is 15.0. The number of fused-ring (bicyclic) bond motifs is 1. The molecule has 0 amide bonds. The van der Waals surface area contributed by atoms with E-state index in [1.54, 1.807) is 11.1 Å². The van der Waals surface area contributed by atoms with E-state index in [9.17, 15) is 0 Å². The number of rotatable bonds is 5. The summed E-state index contributed by atoms with van der Waals surface area (Å²) in [6.07, 6.45) is 13.6. The lowest BCUT2D eigenvalue weighted by atomic mass is 9.74. The van der Waals surface area contributed by atoms with Crippen LogP contribution in [0.3, 0.4) is 0 Å². The van der Waals surface area contributed by atoms with E-state index in [4.69, 9.17) is 0 Å². The summed E-state index contributed by atoms with van der Waals surface area (Å²) < 4.78 is 0. The molecule has 3 rings (SSSR count). The molecule has 1 aromatic carbocycles. The van der Waals surface area contributed by atoms with Crippen LogP contribution in [-0.2, 0) is 12.8 Å². The molecule has 1 heteroatoms. The minimum Gasteiger partial charge on any atom is -0.165 e. The molecule has 1 aromatic rings. The fourth-order valence-electron chi connectivity index (χ4n) is 4.09. The van der Waals surface area contributed by atoms with Gasteiger partial charge in [0.05, 0.1) is 0 Å². The van der Waals surface area contributed by atoms with Crippen LogP contribution >= 0.6 is 11.8 Å². The zero-order chi connectivity index (χ0) is 15.6. The monoisotopic (exact) mass is 312 g/mol. The summed E-state index contributed by atoms with van der Waals surface area (Å²) in [7, 11) is 0. The second-order valence-electron chi connectivity index (χ2n) is 7.23. The van der Waals surface area contributed by atoms with Gasteiger partial charge in [-0.1, -0.05) is 50.3 Å². The number of hydrogen-bond acceptors (Lipinski definition) is 1. The second-order valence-corrected chi connectivity index (χ2v) is 8.14. The number of aryl methyl sites for hydroxylation is 1. The molecule has 22 heavy (non-hydrogen) atoms. The van der Waals surface area contributed by atoms with Gasteiger partial charge in [0, 0.05) is 0 Å². The summed E-state index contributed by atoms with van der Waals surface area (Å²) >= 11 is 1.99. The predicted octanol–water partition coefficient (Wildman–Crippen LogP) is 5.83. The molecule has 1 fully saturated rings. The van der Waals surface area contributed by atoms with Crippen LogP contribution in [0.4, 0.5) is 0 Å². The lowest BCUT2D eigenvalue weighted by molar-refractivity contribution is 0.421. The topological polar surface area (TPSA) is 0 Å². The SMILES string of the molecule is CCc1cccc(CC2(C)C=C3CCC(CSC)C3=CC2)c1. The molecular formula is C21H28S. The van der Waals surface area contributed by atoms with Crippen LogP contribution in [-0.4, -0.2) is 12.0 Å². The number of hydrogen-bond donors (Lipinski definition) is 0. The van der Waals surface area contributed by atoms with Crippen LogP contribution in [0, 0.1) is 11.3 Å². The minimum absolute atomic E-state index is 0.305. The van der Waals surface area contributed by atoms with E-state index >= 15 is 0 Å². The van der Waals surface area contributed by atoms with Crippen LogP contribution in [0.25, 0.3) is 0 Å². The molecule has 0 N–H and O–H groups in total. The smallest absolute Gasteiger partial charge is 0.000121 e. The van der Waals surface area contributed by atoms with Crippen molar-refractivity contribution in [3.63, 3.8) is 0 Å². The Bertz CT molecular complexity index is 596. The van der Waals surface area contributed by atoms with Crippen molar-refractivity contribution in [3.8, 4) is 0 Å². The Balaban J connectivity index is 1.76. The molecule has 0 radical (unpaired) electrons. The molecule has 0 aromatic heterocycles. The normalized spacial score (nSPS) is 27.3. The Morgan fingerprint density at radius 2 is 2.09 bits per heavy atom. The molecule has 2 aliphatic carbocycles. The van der Waals surface area contributed by atoms with E-state index in [0.717, 1.165) is 12.3 Å². The molecule has 0 saturated heterocycles. The van der Waals surface area contributed by atoms with Gasteiger partial charge < -0.3 is 0 Å². The summed E-state index contributed by atoms with van der Waals surface area (Å²) in [5.74, 6) is 2.10. The van der Waals surface area contributed by atoms with Gasteiger partial charge in [0.25, 0.3) is 0 Å². The molecule has 0 aliphatic heterocycles. The van der Waals surface area contributed by atoms with Gasteiger partial charge in [-0.2, -0.15) is 11.8 Å². The Morgan fingerprint density at radius 1 is 1.27 bits per heavy atom. The van der Waals surface area contributed by atoms with Gasteiger partial charge in [-0.3, -0.25) is 0 Å². The van der Waals surface area contributed by atoms with Gasteiger partial charge in [0.15, 0.2) is 0 Å². The Kier molecular flexibility index (Phi) is 4.82. The van der Waals surface area contributed by atoms with Gasteiger partial charge in [-0.15, -0.1) is 0 Å². The first-order valence-corrected chi connectivity index (χ1v) is 10.0. The highest BCUT2D eigenvalue weighted by molar-refractivity contribution is 7.98. The highest BCUT2D eigenvalue weighted by Crippen LogP contribution is 2.45. The van der Waals surface area contributed by atoms with Gasteiger partial charge in [-0.25, -0.2) is 0 Å². The van der Waals surface area contributed by atoms with E-state index in [2.05, 4.69) is 56.5 Å². The third-order valence-corrected chi connectivity index (χ3v) is 5.99. The third kappa shape index (κ3) is 3.35. The molecule has 2 atom stereocenters. The molecule has 0 spiro atoms. The van der Waals surface area contributed by atoms with E-state index in [-0.39, 0.29) is 0 Å². The highest BCUT2D eigenvalue weighted by Gasteiger charge is 2.32. The summed E-state index contributed by atoms with van der Waals surface area (Å²) in [4.78, 5) is 0. The van der Waals surface area contributed by atoms with Gasteiger partial charge >= 0.3 is 0 Å². The van der Waals surface area contributed by atoms with Gasteiger partial charge in [0.2, 0.25) is 0 Å². The third-order valence-electron chi connectivity index (χ3n) is 5.26. The number of benzene rings is 1. The second kappa shape index (κ2) is 6.66. The molecule has 0 heterocycles. The summed E-state index contributed by atoms with van der Waals surface area (Å²) in [5, 5.41) is 0. The highest BCUT2D eigenvalue weighted by atomic mass is 32.2.